The number of ether oxygens (including phenoxy) is 1. The van der Waals surface area contributed by atoms with Crippen LogP contribution in [0.3, 0.4) is 0 Å². The summed E-state index contributed by atoms with van der Waals surface area (Å²) in [6.07, 6.45) is 3.30. The second kappa shape index (κ2) is 9.57. The van der Waals surface area contributed by atoms with Gasteiger partial charge in [-0.15, -0.1) is 0 Å². The molecule has 0 aromatic heterocycles. The Bertz CT molecular complexity index is 722. The molecule has 4 nitrogen and oxygen atoms in total. The highest BCUT2D eigenvalue weighted by Gasteiger charge is 2.31. The van der Waals surface area contributed by atoms with Crippen LogP contribution in [0.25, 0.3) is 6.08 Å². The van der Waals surface area contributed by atoms with Crippen LogP contribution in [0.2, 0.25) is 10.0 Å². The molecule has 0 saturated carbocycles. The average molecular weight is 418 g/mol. The molecule has 1 fully saturated rings. The fourth-order valence-electron chi connectivity index (χ4n) is 2.12. The quantitative estimate of drug-likeness (QED) is 0.357. The van der Waals surface area contributed by atoms with Crippen molar-refractivity contribution in [3.05, 3.63) is 38.7 Å². The lowest BCUT2D eigenvalue weighted by atomic mass is 10.2. The average Bonchev–Trinajstić information content (AvgIpc) is 2.83. The number of thioether (sulfide) groups is 1. The highest BCUT2D eigenvalue weighted by atomic mass is 35.5. The van der Waals surface area contributed by atoms with E-state index in [1.54, 1.807) is 24.3 Å². The number of hydrogen-bond donors (Lipinski definition) is 0. The first-order valence-electron chi connectivity index (χ1n) is 7.78. The third-order valence-electron chi connectivity index (χ3n) is 3.34. The van der Waals surface area contributed by atoms with Gasteiger partial charge in [-0.1, -0.05) is 60.2 Å². The van der Waals surface area contributed by atoms with Crippen molar-refractivity contribution in [2.45, 2.75) is 26.2 Å². The molecule has 0 radical (unpaired) electrons. The van der Waals surface area contributed by atoms with Gasteiger partial charge in [-0.2, -0.15) is 0 Å². The monoisotopic (exact) mass is 417 g/mol. The Morgan fingerprint density at radius 3 is 2.80 bits per heavy atom. The van der Waals surface area contributed by atoms with E-state index < -0.39 is 0 Å². The third kappa shape index (κ3) is 5.71. The number of esters is 1. The number of carbonyl (C=O) groups excluding carboxylic acids is 2. The van der Waals surface area contributed by atoms with Gasteiger partial charge in [0, 0.05) is 13.0 Å². The summed E-state index contributed by atoms with van der Waals surface area (Å²) in [6, 6.07) is 5.16. The Hall–Kier alpha value is -1.08. The number of halogens is 2. The van der Waals surface area contributed by atoms with Crippen LogP contribution in [0.1, 0.15) is 31.7 Å². The van der Waals surface area contributed by atoms with Gasteiger partial charge in [-0.05, 0) is 36.6 Å². The second-order valence-corrected chi connectivity index (χ2v) is 7.82. The van der Waals surface area contributed by atoms with Crippen molar-refractivity contribution in [3.63, 3.8) is 0 Å². The van der Waals surface area contributed by atoms with E-state index >= 15 is 0 Å². The molecule has 1 aliphatic heterocycles. The van der Waals surface area contributed by atoms with Crippen LogP contribution in [-0.2, 0) is 14.3 Å². The topological polar surface area (TPSA) is 46.6 Å². The molecule has 1 aromatic rings. The number of benzene rings is 1. The van der Waals surface area contributed by atoms with E-state index in [1.807, 2.05) is 6.92 Å². The van der Waals surface area contributed by atoms with Crippen molar-refractivity contribution in [1.29, 1.82) is 0 Å². The van der Waals surface area contributed by atoms with Crippen molar-refractivity contribution in [3.8, 4) is 0 Å². The van der Waals surface area contributed by atoms with E-state index in [-0.39, 0.29) is 18.3 Å². The molecule has 1 saturated heterocycles. The fourth-order valence-corrected chi connectivity index (χ4v) is 3.73. The Morgan fingerprint density at radius 1 is 1.36 bits per heavy atom. The SMILES string of the molecule is CCCOC(=O)CCCN1C(=O)/C(=C/c2ccc(Cl)c(Cl)c2)SC1=S. The molecule has 8 heteroatoms. The lowest BCUT2D eigenvalue weighted by Gasteiger charge is -2.13. The maximum absolute atomic E-state index is 12.5. The summed E-state index contributed by atoms with van der Waals surface area (Å²) in [4.78, 5) is 26.0. The number of hydrogen-bond acceptors (Lipinski definition) is 5. The van der Waals surface area contributed by atoms with Gasteiger partial charge in [-0.3, -0.25) is 14.5 Å². The normalized spacial score (nSPS) is 16.0. The lowest BCUT2D eigenvalue weighted by Crippen LogP contribution is -2.29. The molecule has 25 heavy (non-hydrogen) atoms. The van der Waals surface area contributed by atoms with Crippen LogP contribution in [0.15, 0.2) is 23.1 Å². The van der Waals surface area contributed by atoms with Crippen molar-refractivity contribution in [2.75, 3.05) is 13.2 Å². The van der Waals surface area contributed by atoms with Crippen LogP contribution < -0.4 is 0 Å². The van der Waals surface area contributed by atoms with Gasteiger partial charge in [0.15, 0.2) is 0 Å². The maximum Gasteiger partial charge on any atom is 0.305 e. The lowest BCUT2D eigenvalue weighted by molar-refractivity contribution is -0.144. The zero-order chi connectivity index (χ0) is 18.4. The number of nitrogens with zero attached hydrogens (tertiary/aromatic N) is 1. The minimum absolute atomic E-state index is 0.164. The fraction of sp³-hybridized carbons (Fsp3) is 0.353. The summed E-state index contributed by atoms with van der Waals surface area (Å²) in [5.41, 5.74) is 0.776. The van der Waals surface area contributed by atoms with E-state index in [4.69, 9.17) is 40.2 Å². The number of carbonyl (C=O) groups is 2. The second-order valence-electron chi connectivity index (χ2n) is 5.33. The van der Waals surface area contributed by atoms with E-state index in [2.05, 4.69) is 0 Å². The first-order valence-corrected chi connectivity index (χ1v) is 9.76. The van der Waals surface area contributed by atoms with E-state index in [1.165, 1.54) is 16.7 Å². The van der Waals surface area contributed by atoms with Gasteiger partial charge < -0.3 is 4.74 Å². The van der Waals surface area contributed by atoms with E-state index in [9.17, 15) is 9.59 Å². The molecule has 1 heterocycles. The molecule has 2 rings (SSSR count). The largest absolute Gasteiger partial charge is 0.466 e. The van der Waals surface area contributed by atoms with Crippen LogP contribution in [0.5, 0.6) is 0 Å². The molecule has 0 spiro atoms. The molecule has 0 N–H and O–H groups in total. The highest BCUT2D eigenvalue weighted by Crippen LogP contribution is 2.33. The Balaban J connectivity index is 1.96. The Morgan fingerprint density at radius 2 is 2.12 bits per heavy atom. The van der Waals surface area contributed by atoms with Gasteiger partial charge in [0.25, 0.3) is 5.91 Å². The molecule has 1 aromatic carbocycles. The molecule has 0 aliphatic carbocycles. The predicted octanol–water partition coefficient (Wildman–Crippen LogP) is 4.93. The van der Waals surface area contributed by atoms with E-state index in [0.29, 0.717) is 38.8 Å². The Kier molecular flexibility index (Phi) is 7.75. The summed E-state index contributed by atoms with van der Waals surface area (Å²) < 4.78 is 5.50. The standard InChI is InChI=1S/C17H17Cl2NO3S2/c1-2-8-23-15(21)4-3-7-20-16(22)14(25-17(20)24)10-11-5-6-12(18)13(19)9-11/h5-6,9-10H,2-4,7-8H2,1H3/b14-10-. The molecule has 134 valence electrons. The van der Waals surface area contributed by atoms with Gasteiger partial charge in [0.05, 0.1) is 21.6 Å². The van der Waals surface area contributed by atoms with Gasteiger partial charge in [-0.25, -0.2) is 0 Å². The van der Waals surface area contributed by atoms with Crippen molar-refractivity contribution in [1.82, 2.24) is 4.90 Å². The van der Waals surface area contributed by atoms with Crippen molar-refractivity contribution in [2.24, 2.45) is 0 Å². The molecule has 0 unspecified atom stereocenters. The molecule has 0 atom stereocenters. The smallest absolute Gasteiger partial charge is 0.305 e. The molecule has 1 amide bonds. The van der Waals surface area contributed by atoms with Crippen LogP contribution >= 0.6 is 47.2 Å². The summed E-state index contributed by atoms with van der Waals surface area (Å²) in [5.74, 6) is -0.415. The number of thiocarbonyl (C=S) groups is 1. The molecule has 0 bridgehead atoms. The minimum atomic E-state index is -0.251. The zero-order valence-electron chi connectivity index (χ0n) is 13.6. The maximum atomic E-state index is 12.5. The minimum Gasteiger partial charge on any atom is -0.466 e. The van der Waals surface area contributed by atoms with Crippen molar-refractivity contribution >= 4 is 69.5 Å². The number of amides is 1. The number of rotatable bonds is 7. The van der Waals surface area contributed by atoms with Crippen LogP contribution in [-0.4, -0.2) is 34.2 Å². The molecular weight excluding hydrogens is 401 g/mol. The Labute approximate surface area is 166 Å². The first-order chi connectivity index (χ1) is 11.9. The first kappa shape index (κ1) is 20.2. The van der Waals surface area contributed by atoms with Crippen molar-refractivity contribution < 1.29 is 14.3 Å². The van der Waals surface area contributed by atoms with Gasteiger partial charge in [0.1, 0.15) is 4.32 Å². The molecule has 1 aliphatic rings. The van der Waals surface area contributed by atoms with E-state index in [0.717, 1.165) is 12.0 Å². The van der Waals surface area contributed by atoms with Crippen LogP contribution in [0, 0.1) is 0 Å². The third-order valence-corrected chi connectivity index (χ3v) is 5.46. The highest BCUT2D eigenvalue weighted by molar-refractivity contribution is 8.26. The predicted molar refractivity (Wildman–Crippen MR) is 107 cm³/mol. The summed E-state index contributed by atoms with van der Waals surface area (Å²) >= 11 is 18.4. The van der Waals surface area contributed by atoms with Gasteiger partial charge in [0.2, 0.25) is 0 Å². The van der Waals surface area contributed by atoms with Crippen LogP contribution in [0.4, 0.5) is 0 Å². The summed E-state index contributed by atoms with van der Waals surface area (Å²) in [5, 5.41) is 0.887. The summed E-state index contributed by atoms with van der Waals surface area (Å²) in [6.45, 7) is 2.75. The van der Waals surface area contributed by atoms with Gasteiger partial charge >= 0.3 is 5.97 Å². The zero-order valence-corrected chi connectivity index (χ0v) is 16.7. The molecular formula is C17H17Cl2NO3S2. The summed E-state index contributed by atoms with van der Waals surface area (Å²) in [7, 11) is 0.